The van der Waals surface area contributed by atoms with Crippen LogP contribution in [0.1, 0.15) is 22.4 Å². The van der Waals surface area contributed by atoms with Gasteiger partial charge < -0.3 is 5.32 Å². The zero-order valence-electron chi connectivity index (χ0n) is 17.4. The van der Waals surface area contributed by atoms with Crippen LogP contribution in [-0.4, -0.2) is 25.5 Å². The molecule has 0 bridgehead atoms. The quantitative estimate of drug-likeness (QED) is 0.568. The number of nitrogens with one attached hydrogen (secondary N) is 1. The zero-order valence-corrected chi connectivity index (χ0v) is 17.4. The zero-order chi connectivity index (χ0) is 21.4. The van der Waals surface area contributed by atoms with Crippen molar-refractivity contribution in [2.45, 2.75) is 34.2 Å². The van der Waals surface area contributed by atoms with Crippen LogP contribution < -0.4 is 10.9 Å². The standard InChI is InChI=1S/C23H23N5O2/c1-14-6-5-7-18(10-14)25-21(29)13-27-23(30)22-20(17(4)26-27)12-24-28(22)19-9-8-15(2)16(3)11-19/h5-12H,13H2,1-4H3,(H,25,29). The highest BCUT2D eigenvalue weighted by Crippen LogP contribution is 2.19. The number of carbonyl (C=O) groups excluding carboxylic acids is 1. The molecule has 1 amide bonds. The number of fused-ring (bicyclic) bond motifs is 1. The summed E-state index contributed by atoms with van der Waals surface area (Å²) in [4.78, 5) is 25.7. The molecule has 1 N–H and O–H groups in total. The SMILES string of the molecule is Cc1cccc(NC(=O)Cn2nc(C)c3cnn(-c4ccc(C)c(C)c4)c3c2=O)c1. The minimum atomic E-state index is -0.356. The molecule has 0 aliphatic carbocycles. The lowest BCUT2D eigenvalue weighted by atomic mass is 10.1. The maximum Gasteiger partial charge on any atom is 0.293 e. The molecule has 0 unspecified atom stereocenters. The van der Waals surface area contributed by atoms with Crippen LogP contribution in [0.3, 0.4) is 0 Å². The monoisotopic (exact) mass is 401 g/mol. The van der Waals surface area contributed by atoms with Crippen molar-refractivity contribution in [1.82, 2.24) is 19.6 Å². The van der Waals surface area contributed by atoms with Gasteiger partial charge in [-0.15, -0.1) is 0 Å². The molecule has 2 aromatic carbocycles. The van der Waals surface area contributed by atoms with Crippen molar-refractivity contribution in [3.05, 3.63) is 81.4 Å². The van der Waals surface area contributed by atoms with E-state index in [9.17, 15) is 9.59 Å². The largest absolute Gasteiger partial charge is 0.324 e. The molecule has 7 nitrogen and oxygen atoms in total. The molecule has 2 aromatic heterocycles. The third-order valence-corrected chi connectivity index (χ3v) is 5.20. The number of nitrogens with zero attached hydrogens (tertiary/aromatic N) is 4. The van der Waals surface area contributed by atoms with Gasteiger partial charge >= 0.3 is 0 Å². The van der Waals surface area contributed by atoms with E-state index in [4.69, 9.17) is 0 Å². The second kappa shape index (κ2) is 7.59. The van der Waals surface area contributed by atoms with Crippen molar-refractivity contribution >= 4 is 22.5 Å². The summed E-state index contributed by atoms with van der Waals surface area (Å²) in [5.41, 5.74) is 5.50. The minimum Gasteiger partial charge on any atom is -0.324 e. The topological polar surface area (TPSA) is 81.8 Å². The van der Waals surface area contributed by atoms with E-state index in [2.05, 4.69) is 15.5 Å². The number of benzene rings is 2. The Hall–Kier alpha value is -3.74. The highest BCUT2D eigenvalue weighted by molar-refractivity contribution is 5.90. The van der Waals surface area contributed by atoms with Crippen LogP contribution in [0.15, 0.2) is 53.5 Å². The first-order valence-electron chi connectivity index (χ1n) is 9.73. The van der Waals surface area contributed by atoms with Crippen LogP contribution in [0.25, 0.3) is 16.6 Å². The summed E-state index contributed by atoms with van der Waals surface area (Å²) in [6.45, 7) is 7.64. The van der Waals surface area contributed by atoms with Crippen LogP contribution in [-0.2, 0) is 11.3 Å². The molecule has 0 atom stereocenters. The third-order valence-electron chi connectivity index (χ3n) is 5.20. The average Bonchev–Trinajstić information content (AvgIpc) is 3.14. The molecule has 4 rings (SSSR count). The number of carbonyl (C=O) groups is 1. The maximum atomic E-state index is 13.2. The molecule has 30 heavy (non-hydrogen) atoms. The summed E-state index contributed by atoms with van der Waals surface area (Å²) in [5, 5.41) is 12.2. The van der Waals surface area contributed by atoms with Crippen LogP contribution in [0.4, 0.5) is 5.69 Å². The van der Waals surface area contributed by atoms with Gasteiger partial charge in [-0.25, -0.2) is 9.36 Å². The Balaban J connectivity index is 1.73. The smallest absolute Gasteiger partial charge is 0.293 e. The van der Waals surface area contributed by atoms with Gasteiger partial charge in [-0.1, -0.05) is 18.2 Å². The summed E-state index contributed by atoms with van der Waals surface area (Å²) in [5.74, 6) is -0.314. The van der Waals surface area contributed by atoms with Gasteiger partial charge in [-0.3, -0.25) is 9.59 Å². The molecule has 152 valence electrons. The van der Waals surface area contributed by atoms with Crippen LogP contribution in [0, 0.1) is 27.7 Å². The molecule has 4 aromatic rings. The van der Waals surface area contributed by atoms with Gasteiger partial charge in [0.15, 0.2) is 0 Å². The molecule has 7 heteroatoms. The number of amides is 1. The van der Waals surface area contributed by atoms with Crippen molar-refractivity contribution in [2.75, 3.05) is 5.32 Å². The summed E-state index contributed by atoms with van der Waals surface area (Å²) >= 11 is 0. The lowest BCUT2D eigenvalue weighted by molar-refractivity contribution is -0.117. The van der Waals surface area contributed by atoms with Gasteiger partial charge in [0.1, 0.15) is 12.1 Å². The van der Waals surface area contributed by atoms with E-state index in [-0.39, 0.29) is 18.0 Å². The first-order chi connectivity index (χ1) is 14.3. The predicted molar refractivity (Wildman–Crippen MR) is 117 cm³/mol. The van der Waals surface area contributed by atoms with Crippen molar-refractivity contribution in [3.8, 4) is 5.69 Å². The van der Waals surface area contributed by atoms with E-state index < -0.39 is 0 Å². The van der Waals surface area contributed by atoms with E-state index >= 15 is 0 Å². The Morgan fingerprint density at radius 2 is 1.83 bits per heavy atom. The van der Waals surface area contributed by atoms with Crippen molar-refractivity contribution in [1.29, 1.82) is 0 Å². The van der Waals surface area contributed by atoms with Crippen molar-refractivity contribution < 1.29 is 4.79 Å². The highest BCUT2D eigenvalue weighted by Gasteiger charge is 2.17. The molecule has 0 fully saturated rings. The van der Waals surface area contributed by atoms with E-state index in [1.54, 1.807) is 10.9 Å². The highest BCUT2D eigenvalue weighted by atomic mass is 16.2. The number of aromatic nitrogens is 4. The lowest BCUT2D eigenvalue weighted by Crippen LogP contribution is -2.31. The second-order valence-corrected chi connectivity index (χ2v) is 7.55. The lowest BCUT2D eigenvalue weighted by Gasteiger charge is -2.10. The van der Waals surface area contributed by atoms with Crippen molar-refractivity contribution in [2.24, 2.45) is 0 Å². The molecule has 2 heterocycles. The van der Waals surface area contributed by atoms with Gasteiger partial charge in [0.2, 0.25) is 5.91 Å². The van der Waals surface area contributed by atoms with Crippen LogP contribution in [0.5, 0.6) is 0 Å². The summed E-state index contributed by atoms with van der Waals surface area (Å²) in [7, 11) is 0. The fourth-order valence-electron chi connectivity index (χ4n) is 3.44. The summed E-state index contributed by atoms with van der Waals surface area (Å²) in [6, 6.07) is 13.4. The Morgan fingerprint density at radius 1 is 1.03 bits per heavy atom. The van der Waals surface area contributed by atoms with Crippen LogP contribution >= 0.6 is 0 Å². The predicted octanol–water partition coefficient (Wildman–Crippen LogP) is 3.45. The Morgan fingerprint density at radius 3 is 2.57 bits per heavy atom. The van der Waals surface area contributed by atoms with Gasteiger partial charge in [0, 0.05) is 11.1 Å². The molecule has 0 saturated heterocycles. The number of rotatable bonds is 4. The molecule has 0 radical (unpaired) electrons. The van der Waals surface area contributed by atoms with E-state index in [0.717, 1.165) is 16.8 Å². The Kier molecular flexibility index (Phi) is 4.95. The summed E-state index contributed by atoms with van der Waals surface area (Å²) < 4.78 is 2.82. The fraction of sp³-hybridized carbons (Fsp3) is 0.217. The second-order valence-electron chi connectivity index (χ2n) is 7.55. The first-order valence-corrected chi connectivity index (χ1v) is 9.73. The Labute approximate surface area is 174 Å². The molecular weight excluding hydrogens is 378 g/mol. The Bertz CT molecular complexity index is 1330. The van der Waals surface area contributed by atoms with Gasteiger partial charge in [-0.05, 0) is 68.7 Å². The third kappa shape index (κ3) is 3.61. The number of aryl methyl sites for hydroxylation is 4. The molecule has 0 aliphatic heterocycles. The van der Waals surface area contributed by atoms with E-state index in [1.807, 2.05) is 70.2 Å². The minimum absolute atomic E-state index is 0.179. The van der Waals surface area contributed by atoms with Crippen LogP contribution in [0.2, 0.25) is 0 Å². The first kappa shape index (κ1) is 19.6. The molecular formula is C23H23N5O2. The maximum absolute atomic E-state index is 13.2. The van der Waals surface area contributed by atoms with Gasteiger partial charge in [0.05, 0.1) is 17.6 Å². The molecule has 0 aliphatic rings. The van der Waals surface area contributed by atoms with E-state index in [0.29, 0.717) is 22.3 Å². The average molecular weight is 401 g/mol. The summed E-state index contributed by atoms with van der Waals surface area (Å²) in [6.07, 6.45) is 1.64. The number of hydrogen-bond acceptors (Lipinski definition) is 4. The number of anilines is 1. The van der Waals surface area contributed by atoms with E-state index in [1.165, 1.54) is 10.2 Å². The normalized spacial score (nSPS) is 11.1. The van der Waals surface area contributed by atoms with Gasteiger partial charge in [0.25, 0.3) is 5.56 Å². The van der Waals surface area contributed by atoms with Crippen molar-refractivity contribution in [3.63, 3.8) is 0 Å². The molecule has 0 spiro atoms. The fourth-order valence-corrected chi connectivity index (χ4v) is 3.44. The molecule has 0 saturated carbocycles. The number of hydrogen-bond donors (Lipinski definition) is 1. The van der Waals surface area contributed by atoms with Gasteiger partial charge in [-0.2, -0.15) is 10.2 Å².